The Balaban J connectivity index is 1.42. The highest BCUT2D eigenvalue weighted by Gasteiger charge is 2.33. The average Bonchev–Trinajstić information content (AvgIpc) is 3.32. The maximum absolute atomic E-state index is 13.1. The Morgan fingerprint density at radius 2 is 1.70 bits per heavy atom. The SMILES string of the molecule is COc1ccc(-c2csc(NC(=O)[C@H]3CCCN(S(=O)(=O)c4ccc(OC)cc4)C3)n2)cc1. The highest BCUT2D eigenvalue weighted by atomic mass is 32.2. The van der Waals surface area contributed by atoms with Crippen LogP contribution in [0.4, 0.5) is 5.13 Å². The van der Waals surface area contributed by atoms with E-state index in [1.807, 2.05) is 29.6 Å². The standard InChI is InChI=1S/C23H25N3O5S2/c1-30-18-7-5-16(6-8-18)21-15-32-23(24-21)25-22(27)17-4-3-13-26(14-17)33(28,29)20-11-9-19(31-2)10-12-20/h5-12,15,17H,3-4,13-14H2,1-2H3,(H,24,25,27)/t17-/m0/s1. The van der Waals surface area contributed by atoms with Gasteiger partial charge in [-0.15, -0.1) is 11.3 Å². The van der Waals surface area contributed by atoms with Crippen molar-refractivity contribution in [2.24, 2.45) is 5.92 Å². The summed E-state index contributed by atoms with van der Waals surface area (Å²) in [6, 6.07) is 13.8. The van der Waals surface area contributed by atoms with Crippen molar-refractivity contribution in [1.82, 2.24) is 9.29 Å². The molecule has 1 aromatic heterocycles. The van der Waals surface area contributed by atoms with Crippen LogP contribution in [0.15, 0.2) is 58.8 Å². The number of amides is 1. The molecule has 4 rings (SSSR count). The maximum atomic E-state index is 13.1. The van der Waals surface area contributed by atoms with Crippen LogP contribution in [0.5, 0.6) is 11.5 Å². The van der Waals surface area contributed by atoms with Crippen LogP contribution in [0, 0.1) is 5.92 Å². The quantitative estimate of drug-likeness (QED) is 0.543. The highest BCUT2D eigenvalue weighted by Crippen LogP contribution is 2.29. The highest BCUT2D eigenvalue weighted by molar-refractivity contribution is 7.89. The van der Waals surface area contributed by atoms with Gasteiger partial charge in [0, 0.05) is 24.0 Å². The van der Waals surface area contributed by atoms with E-state index >= 15 is 0 Å². The van der Waals surface area contributed by atoms with Gasteiger partial charge in [0.1, 0.15) is 11.5 Å². The molecule has 2 aromatic carbocycles. The molecule has 0 bridgehead atoms. The van der Waals surface area contributed by atoms with Crippen LogP contribution in [0.2, 0.25) is 0 Å². The molecule has 1 N–H and O–H groups in total. The van der Waals surface area contributed by atoms with Gasteiger partial charge in [-0.25, -0.2) is 13.4 Å². The zero-order valence-electron chi connectivity index (χ0n) is 18.4. The number of thiazole rings is 1. The molecule has 1 saturated heterocycles. The summed E-state index contributed by atoms with van der Waals surface area (Å²) in [4.78, 5) is 17.6. The van der Waals surface area contributed by atoms with Crippen molar-refractivity contribution in [2.75, 3.05) is 32.6 Å². The lowest BCUT2D eigenvalue weighted by Crippen LogP contribution is -2.43. The fourth-order valence-electron chi connectivity index (χ4n) is 3.70. The van der Waals surface area contributed by atoms with Crippen LogP contribution in [-0.2, 0) is 14.8 Å². The molecule has 3 aromatic rings. The molecule has 33 heavy (non-hydrogen) atoms. The summed E-state index contributed by atoms with van der Waals surface area (Å²) in [6.07, 6.45) is 1.24. The number of methoxy groups -OCH3 is 2. The third kappa shape index (κ3) is 5.18. The molecule has 1 aliphatic heterocycles. The van der Waals surface area contributed by atoms with E-state index in [9.17, 15) is 13.2 Å². The second-order valence-corrected chi connectivity index (χ2v) is 10.4. The van der Waals surface area contributed by atoms with Gasteiger partial charge < -0.3 is 14.8 Å². The first-order chi connectivity index (χ1) is 15.9. The average molecular weight is 488 g/mol. The van der Waals surface area contributed by atoms with E-state index in [1.165, 1.54) is 34.9 Å². The number of sulfonamides is 1. The first-order valence-corrected chi connectivity index (χ1v) is 12.8. The van der Waals surface area contributed by atoms with Gasteiger partial charge in [-0.3, -0.25) is 4.79 Å². The van der Waals surface area contributed by atoms with E-state index in [2.05, 4.69) is 10.3 Å². The lowest BCUT2D eigenvalue weighted by molar-refractivity contribution is -0.120. The number of benzene rings is 2. The smallest absolute Gasteiger partial charge is 0.243 e. The molecule has 0 aliphatic carbocycles. The predicted octanol–water partition coefficient (Wildman–Crippen LogP) is 3.87. The van der Waals surface area contributed by atoms with Crippen LogP contribution in [0.25, 0.3) is 11.3 Å². The second kappa shape index (κ2) is 9.90. The Kier molecular flexibility index (Phi) is 6.96. The predicted molar refractivity (Wildman–Crippen MR) is 127 cm³/mol. The molecule has 0 saturated carbocycles. The zero-order chi connectivity index (χ0) is 23.4. The number of carbonyl (C=O) groups excluding carboxylic acids is 1. The van der Waals surface area contributed by atoms with Gasteiger partial charge >= 0.3 is 0 Å². The van der Waals surface area contributed by atoms with Crippen molar-refractivity contribution in [2.45, 2.75) is 17.7 Å². The molecule has 0 unspecified atom stereocenters. The molecule has 1 amide bonds. The largest absolute Gasteiger partial charge is 0.497 e. The van der Waals surface area contributed by atoms with E-state index in [0.29, 0.717) is 30.3 Å². The molecule has 2 heterocycles. The summed E-state index contributed by atoms with van der Waals surface area (Å²) in [7, 11) is -0.551. The van der Waals surface area contributed by atoms with Gasteiger partial charge in [0.15, 0.2) is 5.13 Å². The van der Waals surface area contributed by atoms with Gasteiger partial charge in [-0.05, 0) is 61.4 Å². The second-order valence-electron chi connectivity index (χ2n) is 7.63. The van der Waals surface area contributed by atoms with Crippen molar-refractivity contribution in [3.8, 4) is 22.8 Å². The minimum Gasteiger partial charge on any atom is -0.497 e. The van der Waals surface area contributed by atoms with Crippen LogP contribution in [-0.4, -0.2) is 50.9 Å². The topological polar surface area (TPSA) is 97.8 Å². The van der Waals surface area contributed by atoms with Crippen molar-refractivity contribution in [3.05, 3.63) is 53.9 Å². The Morgan fingerprint density at radius 3 is 2.33 bits per heavy atom. The van der Waals surface area contributed by atoms with Crippen LogP contribution in [0.3, 0.4) is 0 Å². The van der Waals surface area contributed by atoms with Crippen molar-refractivity contribution < 1.29 is 22.7 Å². The van der Waals surface area contributed by atoms with E-state index < -0.39 is 15.9 Å². The Labute approximate surface area is 197 Å². The lowest BCUT2D eigenvalue weighted by Gasteiger charge is -2.31. The third-order valence-corrected chi connectivity index (χ3v) is 8.21. The molecular formula is C23H25N3O5S2. The van der Waals surface area contributed by atoms with Crippen LogP contribution in [0.1, 0.15) is 12.8 Å². The minimum absolute atomic E-state index is 0.136. The van der Waals surface area contributed by atoms with Gasteiger partial charge in [-0.2, -0.15) is 4.31 Å². The molecule has 1 fully saturated rings. The maximum Gasteiger partial charge on any atom is 0.243 e. The fraction of sp³-hybridized carbons (Fsp3) is 0.304. The number of nitrogens with zero attached hydrogens (tertiary/aromatic N) is 2. The fourth-order valence-corrected chi connectivity index (χ4v) is 5.95. The number of anilines is 1. The van der Waals surface area contributed by atoms with E-state index in [1.54, 1.807) is 19.2 Å². The van der Waals surface area contributed by atoms with Gasteiger partial charge in [-0.1, -0.05) is 0 Å². The Bertz CT molecular complexity index is 1210. The Morgan fingerprint density at radius 1 is 1.06 bits per heavy atom. The third-order valence-electron chi connectivity index (χ3n) is 5.57. The molecule has 1 atom stereocenters. The first-order valence-electron chi connectivity index (χ1n) is 10.5. The number of piperidine rings is 1. The lowest BCUT2D eigenvalue weighted by atomic mass is 9.99. The summed E-state index contributed by atoms with van der Waals surface area (Å²) in [5, 5.41) is 5.22. The number of carbonyl (C=O) groups is 1. The zero-order valence-corrected chi connectivity index (χ0v) is 20.0. The molecule has 0 radical (unpaired) electrons. The van der Waals surface area contributed by atoms with Crippen molar-refractivity contribution in [3.63, 3.8) is 0 Å². The molecule has 1 aliphatic rings. The van der Waals surface area contributed by atoms with E-state index in [-0.39, 0.29) is 17.3 Å². The number of aromatic nitrogens is 1. The molecule has 174 valence electrons. The molecular weight excluding hydrogens is 462 g/mol. The van der Waals surface area contributed by atoms with Crippen molar-refractivity contribution in [1.29, 1.82) is 0 Å². The number of ether oxygens (including phenoxy) is 2. The summed E-state index contributed by atoms with van der Waals surface area (Å²) >= 11 is 1.34. The molecule has 0 spiro atoms. The summed E-state index contributed by atoms with van der Waals surface area (Å²) in [5.74, 6) is 0.677. The first kappa shape index (κ1) is 23.2. The number of rotatable bonds is 7. The summed E-state index contributed by atoms with van der Waals surface area (Å²) in [6.45, 7) is 0.522. The van der Waals surface area contributed by atoms with Gasteiger partial charge in [0.05, 0.1) is 30.7 Å². The van der Waals surface area contributed by atoms with E-state index in [4.69, 9.17) is 9.47 Å². The monoisotopic (exact) mass is 487 g/mol. The van der Waals surface area contributed by atoms with E-state index in [0.717, 1.165) is 17.0 Å². The number of nitrogens with one attached hydrogen (secondary N) is 1. The Hall–Kier alpha value is -2.95. The molecule has 10 heteroatoms. The number of hydrogen-bond donors (Lipinski definition) is 1. The van der Waals surface area contributed by atoms with Crippen molar-refractivity contribution >= 4 is 32.4 Å². The molecule has 8 nitrogen and oxygen atoms in total. The van der Waals surface area contributed by atoms with Crippen LogP contribution >= 0.6 is 11.3 Å². The van der Waals surface area contributed by atoms with Gasteiger partial charge in [0.2, 0.25) is 15.9 Å². The minimum atomic E-state index is -3.69. The van der Waals surface area contributed by atoms with Gasteiger partial charge in [0.25, 0.3) is 0 Å². The summed E-state index contributed by atoms with van der Waals surface area (Å²) < 4.78 is 37.8. The van der Waals surface area contributed by atoms with Crippen LogP contribution < -0.4 is 14.8 Å². The summed E-state index contributed by atoms with van der Waals surface area (Å²) in [5.41, 5.74) is 1.67. The number of hydrogen-bond acceptors (Lipinski definition) is 7. The normalized spacial score (nSPS) is 16.8.